The fourth-order valence-corrected chi connectivity index (χ4v) is 3.49. The average Bonchev–Trinajstić information content (AvgIpc) is 3.28. The molecule has 4 aromatic rings. The van der Waals surface area contributed by atoms with Crippen molar-refractivity contribution >= 4 is 17.0 Å². The molecule has 1 aromatic carbocycles. The molecule has 3 aromatic heterocycles. The lowest BCUT2D eigenvalue weighted by molar-refractivity contribution is 0.0952. The van der Waals surface area contributed by atoms with Gasteiger partial charge in [-0.2, -0.15) is 0 Å². The van der Waals surface area contributed by atoms with Gasteiger partial charge in [0.1, 0.15) is 11.5 Å². The van der Waals surface area contributed by atoms with Gasteiger partial charge < -0.3 is 19.0 Å². The van der Waals surface area contributed by atoms with Gasteiger partial charge in [0, 0.05) is 19.2 Å². The van der Waals surface area contributed by atoms with E-state index in [0.29, 0.717) is 41.2 Å². The number of aryl methyl sites for hydroxylation is 3. The molecule has 154 valence electrons. The second-order valence-electron chi connectivity index (χ2n) is 7.26. The van der Waals surface area contributed by atoms with Gasteiger partial charge in [-0.1, -0.05) is 29.4 Å². The van der Waals surface area contributed by atoms with Gasteiger partial charge in [0.15, 0.2) is 0 Å². The molecular formula is C23H23N3O4. The Labute approximate surface area is 174 Å². The van der Waals surface area contributed by atoms with Gasteiger partial charge in [0.2, 0.25) is 0 Å². The van der Waals surface area contributed by atoms with E-state index in [1.807, 2.05) is 44.2 Å². The first-order valence-electron chi connectivity index (χ1n) is 9.65. The second-order valence-corrected chi connectivity index (χ2v) is 7.26. The maximum atomic E-state index is 13.1. The summed E-state index contributed by atoms with van der Waals surface area (Å²) >= 11 is 0. The van der Waals surface area contributed by atoms with Crippen molar-refractivity contribution in [2.24, 2.45) is 0 Å². The number of ether oxygens (including phenoxy) is 1. The fraction of sp³-hybridized carbons (Fsp3) is 0.261. The molecule has 7 nitrogen and oxygen atoms in total. The summed E-state index contributed by atoms with van der Waals surface area (Å²) in [5.41, 5.74) is 4.95. The van der Waals surface area contributed by atoms with Gasteiger partial charge in [-0.25, -0.2) is 4.98 Å². The van der Waals surface area contributed by atoms with Gasteiger partial charge in [-0.05, 0) is 44.0 Å². The summed E-state index contributed by atoms with van der Waals surface area (Å²) in [6.45, 7) is 6.50. The first kappa shape index (κ1) is 19.8. The highest BCUT2D eigenvalue weighted by Crippen LogP contribution is 2.30. The summed E-state index contributed by atoms with van der Waals surface area (Å²) < 4.78 is 16.1. The van der Waals surface area contributed by atoms with Crippen LogP contribution in [0.15, 0.2) is 45.3 Å². The third-order valence-electron chi connectivity index (χ3n) is 4.97. The first-order valence-corrected chi connectivity index (χ1v) is 9.65. The molecule has 0 unspecified atom stereocenters. The maximum Gasteiger partial charge on any atom is 0.259 e. The molecule has 4 rings (SSSR count). The lowest BCUT2D eigenvalue weighted by atomic mass is 10.1. The SMILES string of the molecule is COCc1ccc(CNC(=O)c2cc(-c3cc(C)oc3C)nc3onc(C)c23)cc1. The standard InChI is InChI=1S/C23H23N3O4/c1-13-9-18(15(3)29-13)20-10-19(21-14(2)26-30-23(21)25-20)22(27)24-11-16-5-7-17(8-6-16)12-28-4/h5-10H,11-12H2,1-4H3,(H,24,27). The topological polar surface area (TPSA) is 90.4 Å². The molecule has 0 fully saturated rings. The van der Waals surface area contributed by atoms with Crippen molar-refractivity contribution < 1.29 is 18.5 Å². The number of benzene rings is 1. The number of amides is 1. The number of hydrogen-bond acceptors (Lipinski definition) is 6. The lowest BCUT2D eigenvalue weighted by Crippen LogP contribution is -2.23. The summed E-state index contributed by atoms with van der Waals surface area (Å²) in [6.07, 6.45) is 0. The summed E-state index contributed by atoms with van der Waals surface area (Å²) in [6, 6.07) is 11.6. The quantitative estimate of drug-likeness (QED) is 0.508. The zero-order valence-corrected chi connectivity index (χ0v) is 17.4. The maximum absolute atomic E-state index is 13.1. The second kappa shape index (κ2) is 8.12. The molecule has 0 aliphatic heterocycles. The normalized spacial score (nSPS) is 11.2. The van der Waals surface area contributed by atoms with E-state index in [1.165, 1.54) is 0 Å². The van der Waals surface area contributed by atoms with E-state index in [1.54, 1.807) is 20.1 Å². The number of hydrogen-bond donors (Lipinski definition) is 1. The zero-order valence-electron chi connectivity index (χ0n) is 17.4. The molecule has 7 heteroatoms. The fourth-order valence-electron chi connectivity index (χ4n) is 3.49. The van der Waals surface area contributed by atoms with Crippen LogP contribution in [0.1, 0.15) is 38.7 Å². The summed E-state index contributed by atoms with van der Waals surface area (Å²) in [7, 11) is 1.66. The highest BCUT2D eigenvalue weighted by molar-refractivity contribution is 6.07. The Morgan fingerprint density at radius 3 is 2.50 bits per heavy atom. The number of pyridine rings is 1. The number of fused-ring (bicyclic) bond motifs is 1. The van der Waals surface area contributed by atoms with Crippen LogP contribution >= 0.6 is 0 Å². The minimum atomic E-state index is -0.214. The molecule has 1 N–H and O–H groups in total. The van der Waals surface area contributed by atoms with Crippen LogP contribution in [0.3, 0.4) is 0 Å². The van der Waals surface area contributed by atoms with Gasteiger partial charge in [0.05, 0.1) is 28.9 Å². The van der Waals surface area contributed by atoms with Crippen LogP contribution in [0.5, 0.6) is 0 Å². The molecule has 0 spiro atoms. The van der Waals surface area contributed by atoms with Crippen LogP contribution < -0.4 is 5.32 Å². The van der Waals surface area contributed by atoms with E-state index in [9.17, 15) is 4.79 Å². The first-order chi connectivity index (χ1) is 14.5. The number of methoxy groups -OCH3 is 1. The largest absolute Gasteiger partial charge is 0.466 e. The third-order valence-corrected chi connectivity index (χ3v) is 4.97. The molecule has 0 aliphatic carbocycles. The third kappa shape index (κ3) is 3.84. The number of carbonyl (C=O) groups excluding carboxylic acids is 1. The van der Waals surface area contributed by atoms with Gasteiger partial charge >= 0.3 is 0 Å². The van der Waals surface area contributed by atoms with Crippen molar-refractivity contribution in [3.63, 3.8) is 0 Å². The molecule has 0 radical (unpaired) electrons. The number of nitrogens with one attached hydrogen (secondary N) is 1. The lowest BCUT2D eigenvalue weighted by Gasteiger charge is -2.09. The van der Waals surface area contributed by atoms with Crippen molar-refractivity contribution in [3.05, 3.63) is 70.3 Å². The Morgan fingerprint density at radius 2 is 1.83 bits per heavy atom. The van der Waals surface area contributed by atoms with Crippen molar-refractivity contribution in [1.82, 2.24) is 15.5 Å². The highest BCUT2D eigenvalue weighted by Gasteiger charge is 2.21. The molecule has 0 saturated heterocycles. The van der Waals surface area contributed by atoms with Crippen molar-refractivity contribution in [3.8, 4) is 11.3 Å². The van der Waals surface area contributed by atoms with Crippen LogP contribution in [0.2, 0.25) is 0 Å². The average molecular weight is 405 g/mol. The van der Waals surface area contributed by atoms with Crippen LogP contribution in [0, 0.1) is 20.8 Å². The van der Waals surface area contributed by atoms with E-state index in [0.717, 1.165) is 28.2 Å². The molecule has 30 heavy (non-hydrogen) atoms. The van der Waals surface area contributed by atoms with Crippen molar-refractivity contribution in [1.29, 1.82) is 0 Å². The molecule has 0 saturated carbocycles. The Balaban J connectivity index is 1.64. The summed E-state index contributed by atoms with van der Waals surface area (Å²) in [4.78, 5) is 17.6. The Hall–Kier alpha value is -3.45. The molecule has 0 atom stereocenters. The van der Waals surface area contributed by atoms with Crippen LogP contribution in [0.4, 0.5) is 0 Å². The van der Waals surface area contributed by atoms with E-state index in [4.69, 9.17) is 13.7 Å². The zero-order chi connectivity index (χ0) is 21.3. The minimum Gasteiger partial charge on any atom is -0.466 e. The van der Waals surface area contributed by atoms with E-state index < -0.39 is 0 Å². The van der Waals surface area contributed by atoms with E-state index in [-0.39, 0.29) is 5.91 Å². The number of nitrogens with zero attached hydrogens (tertiary/aromatic N) is 2. The number of aromatic nitrogens is 2. The van der Waals surface area contributed by atoms with Gasteiger partial charge in [0.25, 0.3) is 11.6 Å². The number of furan rings is 1. The Kier molecular flexibility index (Phi) is 5.37. The van der Waals surface area contributed by atoms with Crippen molar-refractivity contribution in [2.45, 2.75) is 33.9 Å². The van der Waals surface area contributed by atoms with Crippen LogP contribution in [0.25, 0.3) is 22.4 Å². The predicted molar refractivity (Wildman–Crippen MR) is 112 cm³/mol. The van der Waals surface area contributed by atoms with Gasteiger partial charge in [-0.3, -0.25) is 4.79 Å². The molecule has 0 bridgehead atoms. The molecule has 1 amide bonds. The Morgan fingerprint density at radius 1 is 1.10 bits per heavy atom. The van der Waals surface area contributed by atoms with Gasteiger partial charge in [-0.15, -0.1) is 0 Å². The van der Waals surface area contributed by atoms with Crippen LogP contribution in [-0.2, 0) is 17.9 Å². The van der Waals surface area contributed by atoms with Crippen LogP contribution in [-0.4, -0.2) is 23.2 Å². The monoisotopic (exact) mass is 405 g/mol. The van der Waals surface area contributed by atoms with E-state index in [2.05, 4.69) is 15.5 Å². The summed E-state index contributed by atoms with van der Waals surface area (Å²) in [5, 5.41) is 7.59. The van der Waals surface area contributed by atoms with E-state index >= 15 is 0 Å². The molecular weight excluding hydrogens is 382 g/mol. The predicted octanol–water partition coefficient (Wildman–Crippen LogP) is 4.48. The Bertz CT molecular complexity index is 1210. The molecule has 3 heterocycles. The summed E-state index contributed by atoms with van der Waals surface area (Å²) in [5.74, 6) is 1.30. The molecule has 0 aliphatic rings. The van der Waals surface area contributed by atoms with Crippen molar-refractivity contribution in [2.75, 3.05) is 7.11 Å². The minimum absolute atomic E-state index is 0.214. The highest BCUT2D eigenvalue weighted by atomic mass is 16.5. The number of rotatable bonds is 6. The number of carbonyl (C=O) groups is 1. The smallest absolute Gasteiger partial charge is 0.259 e.